The maximum Gasteiger partial charge on any atom is 0.225 e. The molecular formula is C23H35N5O2. The molecule has 2 saturated carbocycles. The molecule has 4 rings (SSSR count). The molecule has 7 nitrogen and oxygen atoms in total. The third-order valence-corrected chi connectivity index (χ3v) is 6.27. The summed E-state index contributed by atoms with van der Waals surface area (Å²) in [4.78, 5) is 23.8. The number of carbonyl (C=O) groups excluding carboxylic acids is 1. The van der Waals surface area contributed by atoms with Crippen LogP contribution in [-0.2, 0) is 11.3 Å². The van der Waals surface area contributed by atoms with Crippen molar-refractivity contribution in [3.63, 3.8) is 0 Å². The van der Waals surface area contributed by atoms with Gasteiger partial charge in [0.2, 0.25) is 11.8 Å². The van der Waals surface area contributed by atoms with Crippen LogP contribution >= 0.6 is 0 Å². The molecule has 7 heteroatoms. The second kappa shape index (κ2) is 10.1. The van der Waals surface area contributed by atoms with Crippen molar-refractivity contribution in [2.45, 2.75) is 64.5 Å². The lowest BCUT2D eigenvalue weighted by molar-refractivity contribution is -0.134. The van der Waals surface area contributed by atoms with Crippen molar-refractivity contribution < 1.29 is 9.53 Å². The number of nitrogens with one attached hydrogen (secondary N) is 2. The quantitative estimate of drug-likeness (QED) is 0.506. The fraction of sp³-hybridized carbons (Fsp3) is 0.696. The predicted molar refractivity (Wildman–Crippen MR) is 117 cm³/mol. The van der Waals surface area contributed by atoms with Crippen LogP contribution in [0.5, 0.6) is 5.88 Å². The first-order valence-corrected chi connectivity index (χ1v) is 11.6. The first-order chi connectivity index (χ1) is 14.7. The van der Waals surface area contributed by atoms with Gasteiger partial charge in [-0.15, -0.1) is 0 Å². The van der Waals surface area contributed by atoms with E-state index in [0.29, 0.717) is 18.3 Å². The minimum Gasteiger partial charge on any atom is -0.477 e. The Labute approximate surface area is 179 Å². The molecule has 2 aliphatic carbocycles. The van der Waals surface area contributed by atoms with Crippen molar-refractivity contribution in [2.24, 2.45) is 16.8 Å². The van der Waals surface area contributed by atoms with Gasteiger partial charge in [0.15, 0.2) is 5.96 Å². The van der Waals surface area contributed by atoms with E-state index in [1.807, 2.05) is 23.2 Å². The van der Waals surface area contributed by atoms with Crippen molar-refractivity contribution in [1.82, 2.24) is 20.5 Å². The van der Waals surface area contributed by atoms with Gasteiger partial charge in [-0.25, -0.2) is 9.98 Å². The molecule has 0 aromatic carbocycles. The zero-order valence-corrected chi connectivity index (χ0v) is 18.1. The number of likely N-dealkylation sites (tertiary alicyclic amines) is 1. The smallest absolute Gasteiger partial charge is 0.225 e. The summed E-state index contributed by atoms with van der Waals surface area (Å²) in [7, 11) is 0. The first kappa shape index (κ1) is 20.9. The van der Waals surface area contributed by atoms with E-state index in [1.54, 1.807) is 0 Å². The molecule has 1 aromatic heterocycles. The van der Waals surface area contributed by atoms with E-state index in [9.17, 15) is 4.79 Å². The van der Waals surface area contributed by atoms with Crippen LogP contribution in [0.4, 0.5) is 0 Å². The summed E-state index contributed by atoms with van der Waals surface area (Å²) < 4.78 is 5.70. The highest BCUT2D eigenvalue weighted by Crippen LogP contribution is 2.29. The molecule has 1 amide bonds. The summed E-state index contributed by atoms with van der Waals surface area (Å²) in [6.45, 7) is 5.82. The molecule has 0 radical (unpaired) electrons. The molecule has 30 heavy (non-hydrogen) atoms. The number of rotatable bonds is 8. The Kier molecular flexibility index (Phi) is 7.07. The maximum absolute atomic E-state index is 12.7. The van der Waals surface area contributed by atoms with Gasteiger partial charge in [0.05, 0.1) is 13.2 Å². The van der Waals surface area contributed by atoms with E-state index in [4.69, 9.17) is 9.73 Å². The Morgan fingerprint density at radius 3 is 2.77 bits per heavy atom. The van der Waals surface area contributed by atoms with E-state index in [2.05, 4.69) is 22.5 Å². The summed E-state index contributed by atoms with van der Waals surface area (Å²) in [6, 6.07) is 4.21. The highest BCUT2D eigenvalue weighted by Gasteiger charge is 2.32. The van der Waals surface area contributed by atoms with E-state index < -0.39 is 0 Å². The van der Waals surface area contributed by atoms with E-state index >= 15 is 0 Å². The van der Waals surface area contributed by atoms with Gasteiger partial charge in [-0.3, -0.25) is 4.79 Å². The van der Waals surface area contributed by atoms with Gasteiger partial charge in [-0.1, -0.05) is 18.9 Å². The number of amides is 1. The van der Waals surface area contributed by atoms with E-state index in [0.717, 1.165) is 62.9 Å². The Morgan fingerprint density at radius 2 is 2.07 bits per heavy atom. The zero-order valence-electron chi connectivity index (χ0n) is 18.1. The van der Waals surface area contributed by atoms with Crippen molar-refractivity contribution in [3.8, 4) is 5.88 Å². The Bertz CT molecular complexity index is 726. The number of aliphatic imine (C=N–C) groups is 1. The van der Waals surface area contributed by atoms with Crippen molar-refractivity contribution >= 4 is 11.9 Å². The molecule has 1 saturated heterocycles. The molecular weight excluding hydrogens is 378 g/mol. The number of carbonyl (C=O) groups is 1. The van der Waals surface area contributed by atoms with Gasteiger partial charge in [-0.2, -0.15) is 0 Å². The molecule has 3 fully saturated rings. The average molecular weight is 414 g/mol. The number of nitrogens with zero attached hydrogens (tertiary/aromatic N) is 3. The number of pyridine rings is 1. The van der Waals surface area contributed by atoms with Crippen LogP contribution in [0.25, 0.3) is 0 Å². The highest BCUT2D eigenvalue weighted by molar-refractivity contribution is 5.81. The average Bonchev–Trinajstić information content (AvgIpc) is 3.23. The normalized spacial score (nSPS) is 22.4. The number of guanidine groups is 1. The van der Waals surface area contributed by atoms with Gasteiger partial charge in [0, 0.05) is 43.9 Å². The molecule has 1 aromatic rings. The summed E-state index contributed by atoms with van der Waals surface area (Å²) in [5.74, 6) is 2.83. The van der Waals surface area contributed by atoms with Crippen molar-refractivity contribution in [3.05, 3.63) is 23.9 Å². The number of ether oxygens (including phenoxy) is 1. The largest absolute Gasteiger partial charge is 0.477 e. The third-order valence-electron chi connectivity index (χ3n) is 6.27. The number of hydrogen-bond donors (Lipinski definition) is 2. The van der Waals surface area contributed by atoms with Gasteiger partial charge >= 0.3 is 0 Å². The van der Waals surface area contributed by atoms with Gasteiger partial charge in [-0.05, 0) is 50.5 Å². The molecule has 1 atom stereocenters. The lowest BCUT2D eigenvalue weighted by atomic mass is 10.1. The van der Waals surface area contributed by atoms with Crippen LogP contribution in [0.3, 0.4) is 0 Å². The van der Waals surface area contributed by atoms with E-state index in [-0.39, 0.29) is 12.0 Å². The molecule has 0 spiro atoms. The second-order valence-corrected chi connectivity index (χ2v) is 8.85. The summed E-state index contributed by atoms with van der Waals surface area (Å²) >= 11 is 0. The van der Waals surface area contributed by atoms with Crippen molar-refractivity contribution in [1.29, 1.82) is 0 Å². The molecule has 0 bridgehead atoms. The van der Waals surface area contributed by atoms with Gasteiger partial charge < -0.3 is 20.3 Å². The standard InChI is InChI=1S/C23H35N5O2/c1-2-24-23(26-14-18-9-10-21(25-13-18)30-16-17-7-8-17)27-20-11-12-28(15-20)22(29)19-5-3-4-6-19/h9-10,13,17,19-20H,2-8,11-12,14-16H2,1H3,(H2,24,26,27). The van der Waals surface area contributed by atoms with Crippen LogP contribution in [0, 0.1) is 11.8 Å². The maximum atomic E-state index is 12.7. The van der Waals surface area contributed by atoms with Crippen LogP contribution in [0.15, 0.2) is 23.3 Å². The fourth-order valence-electron chi connectivity index (χ4n) is 4.27. The predicted octanol–water partition coefficient (Wildman–Crippen LogP) is 2.72. The highest BCUT2D eigenvalue weighted by atomic mass is 16.5. The monoisotopic (exact) mass is 413 g/mol. The molecule has 2 N–H and O–H groups in total. The Balaban J connectivity index is 1.26. The molecule has 3 aliphatic rings. The zero-order chi connectivity index (χ0) is 20.8. The van der Waals surface area contributed by atoms with Crippen LogP contribution in [0.1, 0.15) is 57.4 Å². The number of hydrogen-bond acceptors (Lipinski definition) is 4. The lowest BCUT2D eigenvalue weighted by Crippen LogP contribution is -2.45. The second-order valence-electron chi connectivity index (χ2n) is 8.85. The molecule has 2 heterocycles. The van der Waals surface area contributed by atoms with Gasteiger partial charge in [0.25, 0.3) is 0 Å². The fourth-order valence-corrected chi connectivity index (χ4v) is 4.27. The minimum atomic E-state index is 0.254. The third kappa shape index (κ3) is 5.86. The van der Waals surface area contributed by atoms with Crippen molar-refractivity contribution in [2.75, 3.05) is 26.2 Å². The summed E-state index contributed by atoms with van der Waals surface area (Å²) in [5, 5.41) is 6.83. The van der Waals surface area contributed by atoms with E-state index in [1.165, 1.54) is 25.7 Å². The SMILES string of the molecule is CCNC(=NCc1ccc(OCC2CC2)nc1)NC1CCN(C(=O)C2CCCC2)C1. The van der Waals surface area contributed by atoms with Crippen LogP contribution in [-0.4, -0.2) is 54.0 Å². The first-order valence-electron chi connectivity index (χ1n) is 11.6. The molecule has 1 unspecified atom stereocenters. The molecule has 164 valence electrons. The Hall–Kier alpha value is -2.31. The van der Waals surface area contributed by atoms with Crippen LogP contribution < -0.4 is 15.4 Å². The number of aromatic nitrogens is 1. The topological polar surface area (TPSA) is 78.9 Å². The Morgan fingerprint density at radius 1 is 1.23 bits per heavy atom. The van der Waals surface area contributed by atoms with Gasteiger partial charge in [0.1, 0.15) is 0 Å². The summed E-state index contributed by atoms with van der Waals surface area (Å²) in [6.07, 6.45) is 9.90. The van der Waals surface area contributed by atoms with Crippen LogP contribution in [0.2, 0.25) is 0 Å². The lowest BCUT2D eigenvalue weighted by Gasteiger charge is -2.21. The molecule has 1 aliphatic heterocycles. The summed E-state index contributed by atoms with van der Waals surface area (Å²) in [5.41, 5.74) is 1.05. The minimum absolute atomic E-state index is 0.254.